The second kappa shape index (κ2) is 27.4. The minimum atomic E-state index is -5.34. The van der Waals surface area contributed by atoms with E-state index in [4.69, 9.17) is 0 Å². The molecule has 15 heteroatoms. The van der Waals surface area contributed by atoms with Gasteiger partial charge >= 0.3 is 247 Å². The van der Waals surface area contributed by atoms with E-state index < -0.39 is 38.3 Å². The third kappa shape index (κ3) is 26.5. The van der Waals surface area contributed by atoms with Gasteiger partial charge in [0.1, 0.15) is 0 Å². The molecular formula is C35H65F6N2O4PS2. The standard InChI is InChI=1S/C33H61P.2CH2F3NO2S/c1-5-9-12-15-18-21-28-34(29-22-19-16-13-10-6-2,30-23-20-17-14-11-7-3)31-33-26-24-32(8-4)25-27-33;2*2-1(3,4)8(5,6)7/h8,24-27,34H,4-7,9-23,28-31H2,1-3H3;2*(H2,5,6,7). The smallest absolute Gasteiger partial charge is 0.221 e. The van der Waals surface area contributed by atoms with Gasteiger partial charge in [-0.05, 0) is 0 Å². The van der Waals surface area contributed by atoms with Crippen LogP contribution >= 0.6 is 7.26 Å². The summed E-state index contributed by atoms with van der Waals surface area (Å²) in [4.78, 5) is 0. The van der Waals surface area contributed by atoms with Crippen molar-refractivity contribution >= 4 is 33.4 Å². The summed E-state index contributed by atoms with van der Waals surface area (Å²) in [5.74, 6) is 0. The molecule has 50 heavy (non-hydrogen) atoms. The fourth-order valence-electron chi connectivity index (χ4n) is 5.69. The Kier molecular flexibility index (Phi) is 27.9. The quantitative estimate of drug-likeness (QED) is 0.0616. The first kappa shape index (κ1) is 50.9. The molecule has 0 aromatic heterocycles. The van der Waals surface area contributed by atoms with E-state index >= 15 is 0 Å². The molecule has 1 rings (SSSR count). The van der Waals surface area contributed by atoms with Crippen LogP contribution in [-0.4, -0.2) is 46.3 Å². The number of hydrogen-bond donors (Lipinski definition) is 2. The van der Waals surface area contributed by atoms with Crippen molar-refractivity contribution in [3.05, 3.63) is 42.0 Å². The summed E-state index contributed by atoms with van der Waals surface area (Å²) in [7, 11) is -12.0. The van der Waals surface area contributed by atoms with Gasteiger partial charge in [-0.3, -0.25) is 0 Å². The second-order valence-electron chi connectivity index (χ2n) is 13.2. The van der Waals surface area contributed by atoms with Crippen LogP contribution in [0.4, 0.5) is 26.3 Å². The zero-order valence-electron chi connectivity index (χ0n) is 30.5. The Labute approximate surface area is 300 Å². The summed E-state index contributed by atoms with van der Waals surface area (Å²) in [5.41, 5.74) is -7.75. The van der Waals surface area contributed by atoms with Crippen LogP contribution in [-0.2, 0) is 26.2 Å². The van der Waals surface area contributed by atoms with Crippen LogP contribution in [0.25, 0.3) is 6.08 Å². The SMILES string of the molecule is C=Cc1ccc(C[PH](CCCCCCCC)(CCCCCCCC)CCCCCCCC)cc1.NS(=O)(=O)C(F)(F)F.NS(=O)(=O)C(F)(F)F. The van der Waals surface area contributed by atoms with Crippen molar-refractivity contribution in [2.24, 2.45) is 10.3 Å². The third-order valence-electron chi connectivity index (χ3n) is 8.62. The zero-order chi connectivity index (χ0) is 38.7. The molecule has 0 aliphatic rings. The number of alkyl halides is 6. The molecule has 6 nitrogen and oxygen atoms in total. The maximum Gasteiger partial charge on any atom is 0.511 e. The molecule has 1 aromatic rings. The van der Waals surface area contributed by atoms with Crippen molar-refractivity contribution < 1.29 is 43.2 Å². The van der Waals surface area contributed by atoms with Crippen molar-refractivity contribution in [2.75, 3.05) is 18.5 Å². The minimum absolute atomic E-state index is 1.26. The van der Waals surface area contributed by atoms with E-state index in [1.54, 1.807) is 24.0 Å². The molecule has 0 saturated carbocycles. The van der Waals surface area contributed by atoms with Crippen molar-refractivity contribution in [2.45, 2.75) is 154 Å². The molecule has 0 bridgehead atoms. The van der Waals surface area contributed by atoms with Gasteiger partial charge in [-0.2, -0.15) is 26.3 Å². The Bertz CT molecular complexity index is 1130. The summed E-state index contributed by atoms with van der Waals surface area (Å²) in [6, 6.07) is 9.43. The Morgan fingerprint density at radius 2 is 0.820 bits per heavy atom. The molecule has 0 fully saturated rings. The molecule has 0 amide bonds. The van der Waals surface area contributed by atoms with Gasteiger partial charge in [0, 0.05) is 0 Å². The van der Waals surface area contributed by atoms with Crippen LogP contribution in [0.3, 0.4) is 0 Å². The van der Waals surface area contributed by atoms with Crippen molar-refractivity contribution in [3.63, 3.8) is 0 Å². The van der Waals surface area contributed by atoms with Gasteiger partial charge < -0.3 is 0 Å². The molecule has 0 spiro atoms. The van der Waals surface area contributed by atoms with Gasteiger partial charge in [-0.15, -0.1) is 0 Å². The summed E-state index contributed by atoms with van der Waals surface area (Å²) >= 11 is 0. The van der Waals surface area contributed by atoms with Crippen LogP contribution in [0.2, 0.25) is 0 Å². The maximum absolute atomic E-state index is 10.8. The summed E-state index contributed by atoms with van der Waals surface area (Å²) in [5, 5.41) is 7.32. The first-order valence-corrected chi connectivity index (χ1v) is 24.0. The summed E-state index contributed by atoms with van der Waals surface area (Å²) < 4.78 is 102. The maximum atomic E-state index is 10.8. The van der Waals surface area contributed by atoms with Crippen LogP contribution in [0.1, 0.15) is 147 Å². The Balaban J connectivity index is 0. The van der Waals surface area contributed by atoms with Crippen molar-refractivity contribution in [1.82, 2.24) is 0 Å². The summed E-state index contributed by atoms with van der Waals surface area (Å²) in [6.07, 6.45) is 34.1. The van der Waals surface area contributed by atoms with Gasteiger partial charge in [0.05, 0.1) is 0 Å². The molecule has 0 heterocycles. The number of primary sulfonamides is 2. The molecule has 0 aliphatic carbocycles. The van der Waals surface area contributed by atoms with E-state index in [0.29, 0.717) is 0 Å². The third-order valence-corrected chi connectivity index (χ3v) is 15.3. The van der Waals surface area contributed by atoms with Gasteiger partial charge in [0.15, 0.2) is 0 Å². The molecule has 0 unspecified atom stereocenters. The first-order chi connectivity index (χ1) is 23.2. The number of unbranched alkanes of at least 4 members (excludes halogenated alkanes) is 15. The number of nitrogens with two attached hydrogens (primary N) is 2. The van der Waals surface area contributed by atoms with Gasteiger partial charge in [0.25, 0.3) is 0 Å². The molecule has 0 atom stereocenters. The predicted octanol–water partition coefficient (Wildman–Crippen LogP) is 11.3. The van der Waals surface area contributed by atoms with Crippen LogP contribution < -0.4 is 10.3 Å². The average molecular weight is 787 g/mol. The van der Waals surface area contributed by atoms with E-state index in [1.165, 1.54) is 127 Å². The van der Waals surface area contributed by atoms with Crippen molar-refractivity contribution in [1.29, 1.82) is 0 Å². The molecule has 0 radical (unpaired) electrons. The zero-order valence-corrected chi connectivity index (χ0v) is 33.2. The molecule has 0 aliphatic heterocycles. The average Bonchev–Trinajstić information content (AvgIpc) is 3.01. The van der Waals surface area contributed by atoms with E-state index in [1.807, 2.05) is 6.08 Å². The number of rotatable bonds is 24. The number of sulfonamides is 2. The Hall–Kier alpha value is -1.21. The second-order valence-corrected chi connectivity index (χ2v) is 21.1. The number of halogens is 6. The van der Waals surface area contributed by atoms with Gasteiger partial charge in [-0.25, -0.2) is 27.1 Å². The van der Waals surface area contributed by atoms with Crippen molar-refractivity contribution in [3.8, 4) is 0 Å². The van der Waals surface area contributed by atoms with E-state index in [9.17, 15) is 43.2 Å². The van der Waals surface area contributed by atoms with Gasteiger partial charge in [-0.1, -0.05) is 0 Å². The van der Waals surface area contributed by atoms with E-state index in [2.05, 4.69) is 61.9 Å². The fraction of sp³-hybridized carbons (Fsp3) is 0.771. The number of hydrogen-bond acceptors (Lipinski definition) is 4. The van der Waals surface area contributed by atoms with Crippen LogP contribution in [0.15, 0.2) is 30.8 Å². The van der Waals surface area contributed by atoms with E-state index in [-0.39, 0.29) is 0 Å². The Morgan fingerprint density at radius 1 is 0.560 bits per heavy atom. The largest absolute Gasteiger partial charge is 0.511 e. The van der Waals surface area contributed by atoms with Crippen LogP contribution in [0.5, 0.6) is 0 Å². The minimum Gasteiger partial charge on any atom is -0.221 e. The number of benzene rings is 1. The fourth-order valence-corrected chi connectivity index (χ4v) is 11.1. The molecule has 0 saturated heterocycles. The van der Waals surface area contributed by atoms with Gasteiger partial charge in [0.2, 0.25) is 0 Å². The predicted molar refractivity (Wildman–Crippen MR) is 202 cm³/mol. The monoisotopic (exact) mass is 786 g/mol. The molecular weight excluding hydrogens is 721 g/mol. The molecule has 1 aromatic carbocycles. The molecule has 298 valence electrons. The first-order valence-electron chi connectivity index (χ1n) is 18.1. The van der Waals surface area contributed by atoms with Crippen LogP contribution in [0, 0.1) is 0 Å². The Morgan fingerprint density at radius 3 is 1.06 bits per heavy atom. The molecule has 4 N–H and O–H groups in total. The normalized spacial score (nSPS) is 12.8. The van der Waals surface area contributed by atoms with E-state index in [0.717, 1.165) is 0 Å². The summed E-state index contributed by atoms with van der Waals surface area (Å²) in [6.45, 7) is 10.9. The topological polar surface area (TPSA) is 120 Å².